The van der Waals surface area contributed by atoms with Crippen LogP contribution in [0, 0.1) is 0 Å². The Morgan fingerprint density at radius 3 is 2.06 bits per heavy atom. The number of carbonyl (C=O) groups excluding carboxylic acids is 2. The van der Waals surface area contributed by atoms with E-state index in [4.69, 9.17) is 0 Å². The summed E-state index contributed by atoms with van der Waals surface area (Å²) >= 11 is 0. The van der Waals surface area contributed by atoms with Crippen LogP contribution >= 0.6 is 0 Å². The predicted molar refractivity (Wildman–Crippen MR) is 66.7 cm³/mol. The van der Waals surface area contributed by atoms with Gasteiger partial charge in [-0.2, -0.15) is 0 Å². The lowest BCUT2D eigenvalue weighted by molar-refractivity contribution is -0.142. The zero-order valence-corrected chi connectivity index (χ0v) is 11.4. The Hall–Kier alpha value is -1.10. The molecule has 5 heteroatoms. The van der Waals surface area contributed by atoms with E-state index in [0.29, 0.717) is 13.1 Å². The molecule has 17 heavy (non-hydrogen) atoms. The lowest BCUT2D eigenvalue weighted by atomic mass is 10.3. The lowest BCUT2D eigenvalue weighted by Crippen LogP contribution is -2.42. The third-order valence-corrected chi connectivity index (χ3v) is 2.60. The second-order valence-corrected chi connectivity index (χ2v) is 3.85. The molecule has 0 aliphatic rings. The van der Waals surface area contributed by atoms with E-state index in [2.05, 4.69) is 4.74 Å². The number of nitrogens with zero attached hydrogens (tertiary/aromatic N) is 2. The molecule has 0 saturated carbocycles. The zero-order chi connectivity index (χ0) is 13.3. The van der Waals surface area contributed by atoms with Crippen molar-refractivity contribution in [3.63, 3.8) is 0 Å². The molecular weight excluding hydrogens is 220 g/mol. The quantitative estimate of drug-likeness (QED) is 0.591. The van der Waals surface area contributed by atoms with E-state index >= 15 is 0 Å². The fraction of sp³-hybridized carbons (Fsp3) is 0.833. The van der Waals surface area contributed by atoms with Crippen LogP contribution in [0.4, 0.5) is 0 Å². The van der Waals surface area contributed by atoms with E-state index in [-0.39, 0.29) is 25.0 Å². The fourth-order valence-electron chi connectivity index (χ4n) is 1.64. The predicted octanol–water partition coefficient (Wildman–Crippen LogP) is 0.740. The molecule has 0 atom stereocenters. The van der Waals surface area contributed by atoms with Crippen molar-refractivity contribution in [2.24, 2.45) is 0 Å². The normalized spacial score (nSPS) is 10.4. The number of ether oxygens (including phenoxy) is 1. The molecule has 0 aromatic heterocycles. The van der Waals surface area contributed by atoms with Crippen LogP contribution in [-0.4, -0.2) is 61.5 Å². The summed E-state index contributed by atoms with van der Waals surface area (Å²) in [6, 6.07) is 0. The van der Waals surface area contributed by atoms with E-state index < -0.39 is 0 Å². The smallest absolute Gasteiger partial charge is 0.319 e. The maximum atomic E-state index is 11.9. The minimum atomic E-state index is -0.300. The van der Waals surface area contributed by atoms with Gasteiger partial charge >= 0.3 is 5.97 Å². The minimum absolute atomic E-state index is 0.0624. The van der Waals surface area contributed by atoms with Gasteiger partial charge in [-0.05, 0) is 26.8 Å². The highest BCUT2D eigenvalue weighted by Crippen LogP contribution is 1.97. The second kappa shape index (κ2) is 8.98. The van der Waals surface area contributed by atoms with Crippen LogP contribution in [0.15, 0.2) is 0 Å². The lowest BCUT2D eigenvalue weighted by Gasteiger charge is -2.24. The van der Waals surface area contributed by atoms with Crippen molar-refractivity contribution in [3.8, 4) is 0 Å². The van der Waals surface area contributed by atoms with Crippen molar-refractivity contribution in [1.82, 2.24) is 9.80 Å². The standard InChI is InChI=1S/C12H24N2O3/c1-5-8-13(10-12(16)17-4)9-11(15)14(6-2)7-3/h5-10H2,1-4H3. The molecular formula is C12H24N2O3. The van der Waals surface area contributed by atoms with Crippen LogP contribution in [0.5, 0.6) is 0 Å². The molecule has 0 unspecified atom stereocenters. The van der Waals surface area contributed by atoms with Gasteiger partial charge in [0.2, 0.25) is 5.91 Å². The number of amides is 1. The molecule has 0 radical (unpaired) electrons. The number of rotatable bonds is 8. The van der Waals surface area contributed by atoms with Crippen molar-refractivity contribution in [3.05, 3.63) is 0 Å². The first kappa shape index (κ1) is 15.9. The molecule has 100 valence electrons. The van der Waals surface area contributed by atoms with Crippen LogP contribution in [0.2, 0.25) is 0 Å². The summed E-state index contributed by atoms with van der Waals surface area (Å²) in [4.78, 5) is 26.7. The third-order valence-electron chi connectivity index (χ3n) is 2.60. The zero-order valence-electron chi connectivity index (χ0n) is 11.4. The van der Waals surface area contributed by atoms with Crippen LogP contribution in [0.1, 0.15) is 27.2 Å². The summed E-state index contributed by atoms with van der Waals surface area (Å²) in [6.07, 6.45) is 0.905. The van der Waals surface area contributed by atoms with E-state index in [1.165, 1.54) is 7.11 Å². The number of carbonyl (C=O) groups is 2. The van der Waals surface area contributed by atoms with Gasteiger partial charge in [-0.15, -0.1) is 0 Å². The Balaban J connectivity index is 4.32. The van der Waals surface area contributed by atoms with E-state index in [9.17, 15) is 9.59 Å². The molecule has 0 bridgehead atoms. The topological polar surface area (TPSA) is 49.9 Å². The van der Waals surface area contributed by atoms with Crippen molar-refractivity contribution < 1.29 is 14.3 Å². The molecule has 0 N–H and O–H groups in total. The Bertz CT molecular complexity index is 240. The Morgan fingerprint density at radius 2 is 1.65 bits per heavy atom. The van der Waals surface area contributed by atoms with Gasteiger partial charge in [0.15, 0.2) is 0 Å². The summed E-state index contributed by atoms with van der Waals surface area (Å²) in [5.41, 5.74) is 0. The first-order valence-electron chi connectivity index (χ1n) is 6.15. The molecule has 0 saturated heterocycles. The first-order valence-corrected chi connectivity index (χ1v) is 6.15. The Morgan fingerprint density at radius 1 is 1.06 bits per heavy atom. The van der Waals surface area contributed by atoms with Gasteiger partial charge in [0.05, 0.1) is 20.2 Å². The van der Waals surface area contributed by atoms with Gasteiger partial charge in [0, 0.05) is 13.1 Å². The average Bonchev–Trinajstić information content (AvgIpc) is 2.30. The molecule has 0 spiro atoms. The highest BCUT2D eigenvalue weighted by atomic mass is 16.5. The number of likely N-dealkylation sites (N-methyl/N-ethyl adjacent to an activating group) is 1. The van der Waals surface area contributed by atoms with Crippen molar-refractivity contribution >= 4 is 11.9 Å². The van der Waals surface area contributed by atoms with Gasteiger partial charge in [-0.1, -0.05) is 6.92 Å². The van der Waals surface area contributed by atoms with Gasteiger partial charge in [-0.3, -0.25) is 14.5 Å². The summed E-state index contributed by atoms with van der Waals surface area (Å²) in [5.74, 6) is -0.238. The maximum Gasteiger partial charge on any atom is 0.319 e. The number of esters is 1. The molecule has 1 amide bonds. The molecule has 0 aromatic carbocycles. The minimum Gasteiger partial charge on any atom is -0.468 e. The first-order chi connectivity index (χ1) is 8.08. The van der Waals surface area contributed by atoms with Crippen molar-refractivity contribution in [2.45, 2.75) is 27.2 Å². The van der Waals surface area contributed by atoms with Crippen LogP contribution < -0.4 is 0 Å². The number of methoxy groups -OCH3 is 1. The average molecular weight is 244 g/mol. The fourth-order valence-corrected chi connectivity index (χ4v) is 1.64. The Labute approximate surface area is 104 Å². The van der Waals surface area contributed by atoms with Gasteiger partial charge < -0.3 is 9.64 Å². The van der Waals surface area contributed by atoms with E-state index in [1.54, 1.807) is 4.90 Å². The summed E-state index contributed by atoms with van der Waals surface area (Å²) in [5, 5.41) is 0. The molecule has 0 aliphatic carbocycles. The van der Waals surface area contributed by atoms with Gasteiger partial charge in [0.25, 0.3) is 0 Å². The van der Waals surface area contributed by atoms with Crippen LogP contribution in [0.3, 0.4) is 0 Å². The summed E-state index contributed by atoms with van der Waals surface area (Å²) in [7, 11) is 1.36. The summed E-state index contributed by atoms with van der Waals surface area (Å²) in [6.45, 7) is 8.51. The van der Waals surface area contributed by atoms with Gasteiger partial charge in [0.1, 0.15) is 0 Å². The van der Waals surface area contributed by atoms with Crippen molar-refractivity contribution in [1.29, 1.82) is 0 Å². The molecule has 0 aliphatic heterocycles. The highest BCUT2D eigenvalue weighted by molar-refractivity contribution is 5.79. The monoisotopic (exact) mass is 244 g/mol. The Kier molecular flexibility index (Phi) is 8.40. The SMILES string of the molecule is CCCN(CC(=O)OC)CC(=O)N(CC)CC. The largest absolute Gasteiger partial charge is 0.468 e. The van der Waals surface area contributed by atoms with Crippen molar-refractivity contribution in [2.75, 3.05) is 39.8 Å². The molecule has 0 aromatic rings. The number of hydrogen-bond donors (Lipinski definition) is 0. The highest BCUT2D eigenvalue weighted by Gasteiger charge is 2.17. The van der Waals surface area contributed by atoms with Gasteiger partial charge in [-0.25, -0.2) is 0 Å². The van der Waals surface area contributed by atoms with Crippen LogP contribution in [0.25, 0.3) is 0 Å². The number of hydrogen-bond acceptors (Lipinski definition) is 4. The molecule has 0 heterocycles. The second-order valence-electron chi connectivity index (χ2n) is 3.85. The molecule has 5 nitrogen and oxygen atoms in total. The third kappa shape index (κ3) is 6.26. The van der Waals surface area contributed by atoms with E-state index in [1.807, 2.05) is 25.7 Å². The van der Waals surface area contributed by atoms with Crippen LogP contribution in [-0.2, 0) is 14.3 Å². The van der Waals surface area contributed by atoms with E-state index in [0.717, 1.165) is 13.0 Å². The molecule has 0 rings (SSSR count). The molecule has 0 fully saturated rings. The maximum absolute atomic E-state index is 11.9. The summed E-state index contributed by atoms with van der Waals surface area (Å²) < 4.78 is 4.62.